The molecule has 1 unspecified atom stereocenters. The molecule has 19 heavy (non-hydrogen) atoms. The molecule has 0 bridgehead atoms. The van der Waals surface area contributed by atoms with Crippen molar-refractivity contribution >= 4 is 11.5 Å². The highest BCUT2D eigenvalue weighted by atomic mass is 19.4. The molecule has 0 fully saturated rings. The SMILES string of the molecule is COC(C)C(=O)/C=C(/O)c1ccc(C(F)(F)F)cc1. The molecule has 1 aromatic rings. The van der Waals surface area contributed by atoms with Crippen molar-refractivity contribution in [1.29, 1.82) is 0 Å². The topological polar surface area (TPSA) is 46.5 Å². The van der Waals surface area contributed by atoms with Crippen LogP contribution in [0, 0.1) is 0 Å². The van der Waals surface area contributed by atoms with Crippen LogP contribution in [-0.4, -0.2) is 24.1 Å². The van der Waals surface area contributed by atoms with E-state index in [2.05, 4.69) is 0 Å². The molecule has 0 spiro atoms. The lowest BCUT2D eigenvalue weighted by molar-refractivity contribution is -0.137. The summed E-state index contributed by atoms with van der Waals surface area (Å²) < 4.78 is 41.8. The molecular weight excluding hydrogens is 261 g/mol. The van der Waals surface area contributed by atoms with Gasteiger partial charge in [0.1, 0.15) is 11.9 Å². The van der Waals surface area contributed by atoms with Crippen LogP contribution in [0.1, 0.15) is 18.1 Å². The number of halogens is 3. The Morgan fingerprint density at radius 2 is 1.84 bits per heavy atom. The maximum Gasteiger partial charge on any atom is 0.416 e. The Labute approximate surface area is 108 Å². The lowest BCUT2D eigenvalue weighted by atomic mass is 10.1. The zero-order chi connectivity index (χ0) is 14.6. The Bertz CT molecular complexity index is 475. The molecule has 1 N–H and O–H groups in total. The first-order chi connectivity index (χ1) is 8.75. The smallest absolute Gasteiger partial charge is 0.416 e. The van der Waals surface area contributed by atoms with Gasteiger partial charge in [-0.25, -0.2) is 0 Å². The molecule has 1 rings (SSSR count). The van der Waals surface area contributed by atoms with Crippen LogP contribution in [0.25, 0.3) is 5.76 Å². The van der Waals surface area contributed by atoms with Crippen molar-refractivity contribution in [1.82, 2.24) is 0 Å². The molecule has 0 aliphatic rings. The molecule has 1 atom stereocenters. The highest BCUT2D eigenvalue weighted by Gasteiger charge is 2.30. The fraction of sp³-hybridized carbons (Fsp3) is 0.308. The predicted octanol–water partition coefficient (Wildman–Crippen LogP) is 3.21. The molecular formula is C13H13F3O3. The number of hydrogen-bond donors (Lipinski definition) is 1. The molecule has 0 amide bonds. The van der Waals surface area contributed by atoms with Gasteiger partial charge in [-0.2, -0.15) is 13.2 Å². The van der Waals surface area contributed by atoms with Gasteiger partial charge in [0.05, 0.1) is 5.56 Å². The van der Waals surface area contributed by atoms with E-state index in [1.165, 1.54) is 14.0 Å². The summed E-state index contributed by atoms with van der Waals surface area (Å²) in [6.07, 6.45) is -4.23. The van der Waals surface area contributed by atoms with Gasteiger partial charge in [0, 0.05) is 18.7 Å². The second-order valence-electron chi connectivity index (χ2n) is 3.88. The van der Waals surface area contributed by atoms with Gasteiger partial charge in [-0.15, -0.1) is 0 Å². The second-order valence-corrected chi connectivity index (χ2v) is 3.88. The molecule has 0 heterocycles. The number of ether oxygens (including phenoxy) is 1. The number of methoxy groups -OCH3 is 1. The minimum atomic E-state index is -4.43. The molecule has 0 aromatic heterocycles. The van der Waals surface area contributed by atoms with Crippen LogP contribution in [0.2, 0.25) is 0 Å². The number of aliphatic hydroxyl groups is 1. The predicted molar refractivity (Wildman–Crippen MR) is 63.5 cm³/mol. The van der Waals surface area contributed by atoms with Gasteiger partial charge in [0.2, 0.25) is 0 Å². The van der Waals surface area contributed by atoms with E-state index >= 15 is 0 Å². The summed E-state index contributed by atoms with van der Waals surface area (Å²) in [5.41, 5.74) is -0.690. The second kappa shape index (κ2) is 5.88. The lowest BCUT2D eigenvalue weighted by Gasteiger charge is -2.08. The standard InChI is InChI=1S/C13H13F3O3/c1-8(19-2)11(17)7-12(18)9-3-5-10(6-4-9)13(14,15)16/h3-8,18H,1-2H3/b12-7+. The van der Waals surface area contributed by atoms with E-state index in [0.717, 1.165) is 30.3 Å². The molecule has 0 aliphatic heterocycles. The van der Waals surface area contributed by atoms with Crippen molar-refractivity contribution in [2.24, 2.45) is 0 Å². The van der Waals surface area contributed by atoms with Crippen molar-refractivity contribution in [2.75, 3.05) is 7.11 Å². The molecule has 0 radical (unpaired) electrons. The van der Waals surface area contributed by atoms with Crippen molar-refractivity contribution in [3.05, 3.63) is 41.5 Å². The first kappa shape index (κ1) is 15.2. The molecule has 0 saturated carbocycles. The number of carbonyl (C=O) groups is 1. The Balaban J connectivity index is 2.92. The minimum absolute atomic E-state index is 0.129. The first-order valence-electron chi connectivity index (χ1n) is 5.40. The molecule has 0 saturated heterocycles. The third kappa shape index (κ3) is 4.10. The number of rotatable bonds is 4. The van der Waals surface area contributed by atoms with Gasteiger partial charge in [-0.3, -0.25) is 4.79 Å². The lowest BCUT2D eigenvalue weighted by Crippen LogP contribution is -2.16. The Morgan fingerprint density at radius 3 is 2.26 bits per heavy atom. The number of aliphatic hydroxyl groups excluding tert-OH is 1. The summed E-state index contributed by atoms with van der Waals surface area (Å²) in [5.74, 6) is -0.873. The fourth-order valence-electron chi connectivity index (χ4n) is 1.28. The van der Waals surface area contributed by atoms with Crippen LogP contribution in [0.15, 0.2) is 30.3 Å². The summed E-state index contributed by atoms with van der Waals surface area (Å²) in [7, 11) is 1.34. The number of hydrogen-bond acceptors (Lipinski definition) is 3. The first-order valence-corrected chi connectivity index (χ1v) is 5.40. The highest BCUT2D eigenvalue weighted by molar-refractivity contribution is 5.98. The van der Waals surface area contributed by atoms with E-state index in [1.807, 2.05) is 0 Å². The van der Waals surface area contributed by atoms with Crippen molar-refractivity contribution in [2.45, 2.75) is 19.2 Å². The Hall–Kier alpha value is -1.82. The molecule has 104 valence electrons. The van der Waals surface area contributed by atoms with Crippen LogP contribution in [-0.2, 0) is 15.7 Å². The summed E-state index contributed by atoms with van der Waals surface area (Å²) >= 11 is 0. The largest absolute Gasteiger partial charge is 0.507 e. The van der Waals surface area contributed by atoms with E-state index in [1.54, 1.807) is 0 Å². The third-order valence-corrected chi connectivity index (χ3v) is 2.54. The van der Waals surface area contributed by atoms with Crippen molar-refractivity contribution in [3.8, 4) is 0 Å². The van der Waals surface area contributed by atoms with Gasteiger partial charge in [-0.05, 0) is 19.1 Å². The van der Waals surface area contributed by atoms with Crippen LogP contribution in [0.4, 0.5) is 13.2 Å². The third-order valence-electron chi connectivity index (χ3n) is 2.54. The average Bonchev–Trinajstić information content (AvgIpc) is 2.36. The van der Waals surface area contributed by atoms with Crippen LogP contribution in [0.3, 0.4) is 0 Å². The van der Waals surface area contributed by atoms with E-state index in [9.17, 15) is 23.1 Å². The Kier molecular flexibility index (Phi) is 4.72. The van der Waals surface area contributed by atoms with E-state index in [4.69, 9.17) is 4.74 Å². The van der Waals surface area contributed by atoms with Gasteiger partial charge in [0.15, 0.2) is 5.78 Å². The summed E-state index contributed by atoms with van der Waals surface area (Å²) in [4.78, 5) is 11.4. The van der Waals surface area contributed by atoms with E-state index in [0.29, 0.717) is 0 Å². The summed E-state index contributed by atoms with van der Waals surface area (Å²) in [5, 5.41) is 9.63. The van der Waals surface area contributed by atoms with E-state index < -0.39 is 29.4 Å². The number of ketones is 1. The number of benzene rings is 1. The van der Waals surface area contributed by atoms with Crippen molar-refractivity contribution < 1.29 is 27.8 Å². The monoisotopic (exact) mass is 274 g/mol. The molecule has 0 aliphatic carbocycles. The molecule has 3 nitrogen and oxygen atoms in total. The molecule has 1 aromatic carbocycles. The maximum absolute atomic E-state index is 12.3. The van der Waals surface area contributed by atoms with Gasteiger partial charge in [0.25, 0.3) is 0 Å². The fourth-order valence-corrected chi connectivity index (χ4v) is 1.28. The molecule has 6 heteroatoms. The average molecular weight is 274 g/mol. The maximum atomic E-state index is 12.3. The normalized spacial score (nSPS) is 14.3. The van der Waals surface area contributed by atoms with Crippen molar-refractivity contribution in [3.63, 3.8) is 0 Å². The zero-order valence-corrected chi connectivity index (χ0v) is 10.4. The minimum Gasteiger partial charge on any atom is -0.507 e. The van der Waals surface area contributed by atoms with Gasteiger partial charge >= 0.3 is 6.18 Å². The highest BCUT2D eigenvalue weighted by Crippen LogP contribution is 2.29. The zero-order valence-electron chi connectivity index (χ0n) is 10.4. The van der Waals surface area contributed by atoms with Gasteiger partial charge < -0.3 is 9.84 Å². The van der Waals surface area contributed by atoms with Crippen LogP contribution < -0.4 is 0 Å². The van der Waals surface area contributed by atoms with Crippen LogP contribution in [0.5, 0.6) is 0 Å². The van der Waals surface area contributed by atoms with Crippen LogP contribution >= 0.6 is 0 Å². The number of carbonyl (C=O) groups excluding carboxylic acids is 1. The van der Waals surface area contributed by atoms with Gasteiger partial charge in [-0.1, -0.05) is 12.1 Å². The Morgan fingerprint density at radius 1 is 1.32 bits per heavy atom. The van der Waals surface area contributed by atoms with E-state index in [-0.39, 0.29) is 5.56 Å². The summed E-state index contributed by atoms with van der Waals surface area (Å²) in [6.45, 7) is 1.50. The number of alkyl halides is 3. The quantitative estimate of drug-likeness (QED) is 0.677. The summed E-state index contributed by atoms with van der Waals surface area (Å²) in [6, 6.07) is 3.87.